The van der Waals surface area contributed by atoms with Gasteiger partial charge in [0.25, 0.3) is 5.91 Å². The van der Waals surface area contributed by atoms with Gasteiger partial charge in [0, 0.05) is 23.2 Å². The van der Waals surface area contributed by atoms with E-state index in [-0.39, 0.29) is 12.5 Å². The van der Waals surface area contributed by atoms with Crippen molar-refractivity contribution in [3.8, 4) is 17.0 Å². The van der Waals surface area contributed by atoms with Gasteiger partial charge in [-0.1, -0.05) is 30.3 Å². The molecule has 2 aromatic carbocycles. The van der Waals surface area contributed by atoms with E-state index in [1.54, 1.807) is 0 Å². The lowest BCUT2D eigenvalue weighted by Gasteiger charge is -2.29. The molecule has 1 aliphatic rings. The van der Waals surface area contributed by atoms with Gasteiger partial charge in [0.1, 0.15) is 5.75 Å². The molecule has 0 unspecified atom stereocenters. The second-order valence-electron chi connectivity index (χ2n) is 6.17. The largest absolute Gasteiger partial charge is 0.484 e. The zero-order chi connectivity index (χ0) is 17.9. The first-order valence-corrected chi connectivity index (χ1v) is 9.41. The van der Waals surface area contributed by atoms with Crippen molar-refractivity contribution in [2.24, 2.45) is 0 Å². The molecular weight excluding hydrogens is 346 g/mol. The number of para-hydroxylation sites is 1. The topological polar surface area (TPSA) is 68.5 Å². The summed E-state index contributed by atoms with van der Waals surface area (Å²) >= 11 is 1.40. The third-order valence-corrected chi connectivity index (χ3v) is 5.10. The summed E-state index contributed by atoms with van der Waals surface area (Å²) in [5, 5.41) is 2.44. The average Bonchev–Trinajstić information content (AvgIpc) is 3.12. The van der Waals surface area contributed by atoms with Gasteiger partial charge in [0.05, 0.1) is 5.69 Å². The monoisotopic (exact) mass is 365 g/mol. The van der Waals surface area contributed by atoms with Crippen molar-refractivity contribution in [3.63, 3.8) is 0 Å². The van der Waals surface area contributed by atoms with Crippen LogP contribution in [0.25, 0.3) is 11.3 Å². The second kappa shape index (κ2) is 7.17. The van der Waals surface area contributed by atoms with E-state index >= 15 is 0 Å². The minimum Gasteiger partial charge on any atom is -0.484 e. The van der Waals surface area contributed by atoms with Crippen LogP contribution in [-0.2, 0) is 11.2 Å². The summed E-state index contributed by atoms with van der Waals surface area (Å²) in [6.45, 7) is 0.744. The van der Waals surface area contributed by atoms with Gasteiger partial charge in [-0.05, 0) is 36.6 Å². The van der Waals surface area contributed by atoms with Gasteiger partial charge >= 0.3 is 0 Å². The number of carbonyl (C=O) groups is 1. The summed E-state index contributed by atoms with van der Waals surface area (Å²) in [5.74, 6) is 0.619. The molecule has 2 heterocycles. The van der Waals surface area contributed by atoms with E-state index in [0.29, 0.717) is 10.9 Å². The first-order valence-electron chi connectivity index (χ1n) is 8.53. The zero-order valence-electron chi connectivity index (χ0n) is 14.2. The first-order chi connectivity index (χ1) is 12.7. The number of aromatic nitrogens is 1. The average molecular weight is 365 g/mol. The minimum absolute atomic E-state index is 0.0109. The number of anilines is 2. The summed E-state index contributed by atoms with van der Waals surface area (Å²) in [5.41, 5.74) is 9.65. The molecule has 6 heteroatoms. The summed E-state index contributed by atoms with van der Waals surface area (Å²) in [6.07, 6.45) is 1.99. The molecule has 0 saturated carbocycles. The quantitative estimate of drug-likeness (QED) is 0.764. The highest BCUT2D eigenvalue weighted by atomic mass is 32.1. The van der Waals surface area contributed by atoms with Crippen molar-refractivity contribution in [1.29, 1.82) is 0 Å². The number of thiazole rings is 1. The maximum atomic E-state index is 12.7. The number of benzene rings is 2. The van der Waals surface area contributed by atoms with Crippen molar-refractivity contribution >= 4 is 28.1 Å². The van der Waals surface area contributed by atoms with Crippen LogP contribution >= 0.6 is 11.3 Å². The highest BCUT2D eigenvalue weighted by Gasteiger charge is 2.22. The highest BCUT2D eigenvalue weighted by molar-refractivity contribution is 7.13. The second-order valence-corrected chi connectivity index (χ2v) is 7.05. The smallest absolute Gasteiger partial charge is 0.264 e. The summed E-state index contributed by atoms with van der Waals surface area (Å²) in [4.78, 5) is 18.8. The zero-order valence-corrected chi connectivity index (χ0v) is 15.0. The number of carbonyl (C=O) groups excluding carboxylic acids is 1. The number of nitrogens with two attached hydrogens (primary N) is 1. The number of hydrogen-bond donors (Lipinski definition) is 1. The lowest BCUT2D eigenvalue weighted by Crippen LogP contribution is -2.38. The Morgan fingerprint density at radius 2 is 2.12 bits per heavy atom. The van der Waals surface area contributed by atoms with Gasteiger partial charge < -0.3 is 15.4 Å². The van der Waals surface area contributed by atoms with Crippen LogP contribution in [0.15, 0.2) is 53.9 Å². The van der Waals surface area contributed by atoms with Crippen molar-refractivity contribution in [2.75, 3.05) is 23.8 Å². The third kappa shape index (κ3) is 3.41. The number of aryl methyl sites for hydroxylation is 1. The van der Waals surface area contributed by atoms with Crippen LogP contribution in [0.1, 0.15) is 12.0 Å². The molecule has 0 saturated heterocycles. The molecule has 4 rings (SSSR count). The number of nitrogens with zero attached hydrogens (tertiary/aromatic N) is 2. The van der Waals surface area contributed by atoms with Crippen molar-refractivity contribution in [1.82, 2.24) is 4.98 Å². The van der Waals surface area contributed by atoms with E-state index in [9.17, 15) is 4.79 Å². The number of nitrogen functional groups attached to an aromatic ring is 1. The molecule has 3 aromatic rings. The maximum Gasteiger partial charge on any atom is 0.264 e. The Morgan fingerprint density at radius 3 is 2.96 bits per heavy atom. The molecule has 0 bridgehead atoms. The van der Waals surface area contributed by atoms with E-state index in [4.69, 9.17) is 10.5 Å². The fourth-order valence-electron chi connectivity index (χ4n) is 3.18. The predicted octanol–water partition coefficient (Wildman–Crippen LogP) is 3.75. The van der Waals surface area contributed by atoms with Crippen LogP contribution in [0.2, 0.25) is 0 Å². The van der Waals surface area contributed by atoms with Gasteiger partial charge in [-0.15, -0.1) is 11.3 Å². The molecule has 0 atom stereocenters. The number of amides is 1. The lowest BCUT2D eigenvalue weighted by atomic mass is 10.0. The van der Waals surface area contributed by atoms with E-state index in [1.165, 1.54) is 16.9 Å². The summed E-state index contributed by atoms with van der Waals surface area (Å²) in [6, 6.07) is 15.6. The fraction of sp³-hybridized carbons (Fsp3) is 0.200. The predicted molar refractivity (Wildman–Crippen MR) is 105 cm³/mol. The molecule has 2 N–H and O–H groups in total. The summed E-state index contributed by atoms with van der Waals surface area (Å²) < 4.78 is 5.76. The molecule has 0 radical (unpaired) electrons. The Labute approximate surface area is 156 Å². The van der Waals surface area contributed by atoms with Gasteiger partial charge in [-0.2, -0.15) is 0 Å². The Hall–Kier alpha value is -2.86. The van der Waals surface area contributed by atoms with Gasteiger partial charge in [-0.3, -0.25) is 4.79 Å². The number of rotatable bonds is 4. The number of hydrogen-bond acceptors (Lipinski definition) is 5. The Balaban J connectivity index is 1.46. The van der Waals surface area contributed by atoms with Gasteiger partial charge in [0.2, 0.25) is 0 Å². The van der Waals surface area contributed by atoms with Crippen LogP contribution in [-0.4, -0.2) is 24.0 Å². The van der Waals surface area contributed by atoms with Crippen molar-refractivity contribution < 1.29 is 9.53 Å². The van der Waals surface area contributed by atoms with Crippen LogP contribution in [0, 0.1) is 0 Å². The Bertz CT molecular complexity index is 938. The third-order valence-electron chi connectivity index (χ3n) is 4.43. The molecule has 26 heavy (non-hydrogen) atoms. The van der Waals surface area contributed by atoms with Gasteiger partial charge in [0.15, 0.2) is 11.7 Å². The lowest BCUT2D eigenvalue weighted by molar-refractivity contribution is -0.120. The molecule has 0 aliphatic carbocycles. The van der Waals surface area contributed by atoms with Gasteiger partial charge in [-0.25, -0.2) is 4.98 Å². The standard InChI is InChI=1S/C20H19N3O2S/c21-20-22-17(13-26-20)15-6-3-8-16(11-15)25-12-19(24)23-10-4-7-14-5-1-2-9-18(14)23/h1-3,5-6,8-9,11,13H,4,7,10,12H2,(H2,21,22). The van der Waals surface area contributed by atoms with Crippen LogP contribution in [0.3, 0.4) is 0 Å². The molecule has 0 spiro atoms. The van der Waals surface area contributed by atoms with Crippen LogP contribution in [0.4, 0.5) is 10.8 Å². The number of fused-ring (bicyclic) bond motifs is 1. The minimum atomic E-state index is -0.0274. The van der Waals surface area contributed by atoms with Crippen LogP contribution < -0.4 is 15.4 Å². The SMILES string of the molecule is Nc1nc(-c2cccc(OCC(=O)N3CCCc4ccccc43)c2)cs1. The van der Waals surface area contributed by atoms with E-state index in [0.717, 1.165) is 36.3 Å². The van der Waals surface area contributed by atoms with Crippen LogP contribution in [0.5, 0.6) is 5.75 Å². The maximum absolute atomic E-state index is 12.7. The van der Waals surface area contributed by atoms with E-state index in [1.807, 2.05) is 52.7 Å². The van der Waals surface area contributed by atoms with E-state index in [2.05, 4.69) is 11.1 Å². The normalized spacial score (nSPS) is 13.3. The Kier molecular flexibility index (Phi) is 4.58. The molecule has 1 amide bonds. The molecule has 132 valence electrons. The molecule has 0 fully saturated rings. The molecule has 1 aliphatic heterocycles. The van der Waals surface area contributed by atoms with Crippen molar-refractivity contribution in [3.05, 3.63) is 59.5 Å². The molecular formula is C20H19N3O2S. The van der Waals surface area contributed by atoms with E-state index < -0.39 is 0 Å². The molecule has 5 nitrogen and oxygen atoms in total. The van der Waals surface area contributed by atoms with Crippen molar-refractivity contribution in [2.45, 2.75) is 12.8 Å². The first kappa shape index (κ1) is 16.6. The highest BCUT2D eigenvalue weighted by Crippen LogP contribution is 2.28. The number of ether oxygens (including phenoxy) is 1. The summed E-state index contributed by atoms with van der Waals surface area (Å²) in [7, 11) is 0. The molecule has 1 aromatic heterocycles. The fourth-order valence-corrected chi connectivity index (χ4v) is 3.75. The Morgan fingerprint density at radius 1 is 1.23 bits per heavy atom.